The largest absolute Gasteiger partial charge is 0.330 e. The second-order valence-electron chi connectivity index (χ2n) is 4.54. The van der Waals surface area contributed by atoms with Crippen molar-refractivity contribution in [1.29, 1.82) is 0 Å². The molecule has 0 saturated carbocycles. The maximum atomic E-state index is 13.5. The minimum absolute atomic E-state index is 0.191. The molecule has 0 fully saturated rings. The van der Waals surface area contributed by atoms with E-state index in [2.05, 4.69) is 22.7 Å². The van der Waals surface area contributed by atoms with Crippen LogP contribution in [0.25, 0.3) is 11.0 Å². The summed E-state index contributed by atoms with van der Waals surface area (Å²) in [5.74, 6) is -0.191. The first kappa shape index (κ1) is 13.6. The molecule has 0 spiro atoms. The van der Waals surface area contributed by atoms with Crippen LogP contribution in [0.2, 0.25) is 0 Å². The first-order chi connectivity index (χ1) is 8.52. The molecule has 1 aromatic carbocycles. The smallest absolute Gasteiger partial charge is 0.178 e. The Balaban J connectivity index is 2.41. The Hall–Kier alpha value is -0.810. The first-order valence-electron chi connectivity index (χ1n) is 5.94. The van der Waals surface area contributed by atoms with Gasteiger partial charge >= 0.3 is 0 Å². The lowest BCUT2D eigenvalue weighted by atomic mass is 10.2. The number of imidazole rings is 1. The van der Waals surface area contributed by atoms with Gasteiger partial charge in [-0.1, -0.05) is 6.92 Å². The van der Waals surface area contributed by atoms with E-state index in [1.54, 1.807) is 6.92 Å². The van der Waals surface area contributed by atoms with Crippen LogP contribution >= 0.6 is 24.0 Å². The summed E-state index contributed by atoms with van der Waals surface area (Å²) >= 11 is 7.15. The standard InChI is InChI=1S/C13H17FN2S2/c1-8-6-12-11(7-10(8)14)15-13(17)16(12)5-4-9(2)18-3/h6-7,9H,4-5H2,1-3H3,(H,15,17). The number of nitrogens with zero attached hydrogens (tertiary/aromatic N) is 1. The zero-order valence-corrected chi connectivity index (χ0v) is 12.4. The number of aryl methyl sites for hydroxylation is 2. The predicted molar refractivity (Wildman–Crippen MR) is 79.4 cm³/mol. The van der Waals surface area contributed by atoms with Crippen molar-refractivity contribution in [3.63, 3.8) is 0 Å². The SMILES string of the molecule is CSC(C)CCn1c(=S)[nH]c2cc(F)c(C)cc21. The molecule has 1 unspecified atom stereocenters. The molecule has 18 heavy (non-hydrogen) atoms. The summed E-state index contributed by atoms with van der Waals surface area (Å²) in [5, 5.41) is 0.596. The number of nitrogens with one attached hydrogen (secondary N) is 1. The minimum atomic E-state index is -0.191. The van der Waals surface area contributed by atoms with Gasteiger partial charge in [-0.3, -0.25) is 0 Å². The number of hydrogen-bond acceptors (Lipinski definition) is 2. The zero-order valence-electron chi connectivity index (χ0n) is 10.8. The summed E-state index contributed by atoms with van der Waals surface area (Å²) in [6, 6.07) is 3.38. The van der Waals surface area contributed by atoms with Gasteiger partial charge in [0, 0.05) is 11.8 Å². The van der Waals surface area contributed by atoms with Gasteiger partial charge in [0.25, 0.3) is 0 Å². The van der Waals surface area contributed by atoms with E-state index in [9.17, 15) is 4.39 Å². The molecule has 0 saturated heterocycles. The molecule has 1 heterocycles. The van der Waals surface area contributed by atoms with Crippen LogP contribution < -0.4 is 0 Å². The summed E-state index contributed by atoms with van der Waals surface area (Å²) in [6.45, 7) is 4.85. The number of thioether (sulfide) groups is 1. The topological polar surface area (TPSA) is 20.7 Å². The number of rotatable bonds is 4. The second-order valence-corrected chi connectivity index (χ2v) is 6.20. The van der Waals surface area contributed by atoms with E-state index in [0.717, 1.165) is 24.0 Å². The highest BCUT2D eigenvalue weighted by Gasteiger charge is 2.09. The van der Waals surface area contributed by atoms with Gasteiger partial charge in [-0.2, -0.15) is 11.8 Å². The van der Waals surface area contributed by atoms with E-state index in [1.165, 1.54) is 6.07 Å². The summed E-state index contributed by atoms with van der Waals surface area (Å²) < 4.78 is 16.2. The highest BCUT2D eigenvalue weighted by atomic mass is 32.2. The van der Waals surface area contributed by atoms with Crippen LogP contribution in [0.4, 0.5) is 4.39 Å². The van der Waals surface area contributed by atoms with Gasteiger partial charge in [-0.25, -0.2) is 4.39 Å². The number of fused-ring (bicyclic) bond motifs is 1. The maximum Gasteiger partial charge on any atom is 0.178 e. The van der Waals surface area contributed by atoms with Gasteiger partial charge in [0.1, 0.15) is 5.82 Å². The quantitative estimate of drug-likeness (QED) is 0.846. The Labute approximate surface area is 116 Å². The van der Waals surface area contributed by atoms with Crippen LogP contribution in [0.3, 0.4) is 0 Å². The molecule has 2 rings (SSSR count). The third kappa shape index (κ3) is 2.62. The number of halogens is 1. The maximum absolute atomic E-state index is 13.5. The summed E-state index contributed by atoms with van der Waals surface area (Å²) in [7, 11) is 0. The number of H-pyrrole nitrogens is 1. The van der Waals surface area contributed by atoms with Crippen LogP contribution in [-0.4, -0.2) is 21.1 Å². The molecular formula is C13H17FN2S2. The lowest BCUT2D eigenvalue weighted by molar-refractivity contribution is 0.619. The highest BCUT2D eigenvalue weighted by molar-refractivity contribution is 7.99. The molecule has 98 valence electrons. The van der Waals surface area contributed by atoms with Crippen molar-refractivity contribution in [1.82, 2.24) is 9.55 Å². The summed E-state index contributed by atoms with van der Waals surface area (Å²) in [5.41, 5.74) is 2.43. The normalized spacial score (nSPS) is 13.1. The third-order valence-corrected chi connectivity index (χ3v) is 4.58. The van der Waals surface area contributed by atoms with Crippen molar-refractivity contribution in [2.45, 2.75) is 32.1 Å². The van der Waals surface area contributed by atoms with Crippen LogP contribution in [0.15, 0.2) is 12.1 Å². The Morgan fingerprint density at radius 2 is 2.22 bits per heavy atom. The fourth-order valence-electron chi connectivity index (χ4n) is 1.93. The molecule has 0 aliphatic carbocycles. The molecule has 1 aromatic heterocycles. The van der Waals surface area contributed by atoms with Crippen molar-refractivity contribution < 1.29 is 4.39 Å². The average molecular weight is 284 g/mol. The van der Waals surface area contributed by atoms with Crippen molar-refractivity contribution >= 4 is 35.0 Å². The number of aromatic nitrogens is 2. The Morgan fingerprint density at radius 3 is 2.89 bits per heavy atom. The third-order valence-electron chi connectivity index (χ3n) is 3.22. The van der Waals surface area contributed by atoms with Gasteiger partial charge in [-0.05, 0) is 49.5 Å². The fourth-order valence-corrected chi connectivity index (χ4v) is 2.57. The molecule has 5 heteroatoms. The number of hydrogen-bond donors (Lipinski definition) is 1. The molecule has 1 N–H and O–H groups in total. The van der Waals surface area contributed by atoms with Crippen LogP contribution in [0.1, 0.15) is 18.9 Å². The molecule has 0 radical (unpaired) electrons. The molecular weight excluding hydrogens is 267 g/mol. The lowest BCUT2D eigenvalue weighted by Gasteiger charge is -2.09. The Kier molecular flexibility index (Phi) is 4.12. The summed E-state index contributed by atoms with van der Waals surface area (Å²) in [4.78, 5) is 3.07. The van der Waals surface area contributed by atoms with Gasteiger partial charge in [0.2, 0.25) is 0 Å². The molecule has 0 amide bonds. The van der Waals surface area contributed by atoms with E-state index in [1.807, 2.05) is 17.8 Å². The highest BCUT2D eigenvalue weighted by Crippen LogP contribution is 2.20. The van der Waals surface area contributed by atoms with E-state index >= 15 is 0 Å². The predicted octanol–water partition coefficient (Wildman–Crippen LogP) is 4.29. The van der Waals surface area contributed by atoms with Crippen LogP contribution in [0, 0.1) is 17.5 Å². The molecule has 0 aliphatic rings. The first-order valence-corrected chi connectivity index (χ1v) is 7.64. The molecule has 2 aromatic rings. The number of benzene rings is 1. The van der Waals surface area contributed by atoms with Crippen LogP contribution in [-0.2, 0) is 6.54 Å². The average Bonchev–Trinajstić information content (AvgIpc) is 2.62. The number of aromatic amines is 1. The minimum Gasteiger partial charge on any atom is -0.330 e. The lowest BCUT2D eigenvalue weighted by Crippen LogP contribution is -2.04. The van der Waals surface area contributed by atoms with Gasteiger partial charge in [0.15, 0.2) is 4.77 Å². The molecule has 0 aliphatic heterocycles. The molecule has 2 nitrogen and oxygen atoms in total. The monoisotopic (exact) mass is 284 g/mol. The zero-order chi connectivity index (χ0) is 13.3. The summed E-state index contributed by atoms with van der Waals surface area (Å²) in [6.07, 6.45) is 3.16. The van der Waals surface area contributed by atoms with Gasteiger partial charge in [0.05, 0.1) is 11.0 Å². The fraction of sp³-hybridized carbons (Fsp3) is 0.462. The van der Waals surface area contributed by atoms with E-state index in [-0.39, 0.29) is 5.82 Å². The van der Waals surface area contributed by atoms with Crippen LogP contribution in [0.5, 0.6) is 0 Å². The van der Waals surface area contributed by atoms with Crippen molar-refractivity contribution in [2.75, 3.05) is 6.26 Å². The van der Waals surface area contributed by atoms with E-state index in [0.29, 0.717) is 15.6 Å². The van der Waals surface area contributed by atoms with Crippen molar-refractivity contribution in [3.05, 3.63) is 28.3 Å². The van der Waals surface area contributed by atoms with E-state index in [4.69, 9.17) is 12.2 Å². The van der Waals surface area contributed by atoms with Gasteiger partial charge in [-0.15, -0.1) is 0 Å². The molecule has 0 bridgehead atoms. The Bertz CT molecular complexity index is 615. The molecule has 1 atom stereocenters. The van der Waals surface area contributed by atoms with Crippen molar-refractivity contribution in [2.24, 2.45) is 0 Å². The van der Waals surface area contributed by atoms with Gasteiger partial charge < -0.3 is 9.55 Å². The van der Waals surface area contributed by atoms with E-state index < -0.39 is 0 Å². The Morgan fingerprint density at radius 1 is 1.50 bits per heavy atom. The second kappa shape index (κ2) is 5.45. The van der Waals surface area contributed by atoms with Crippen molar-refractivity contribution in [3.8, 4) is 0 Å².